The van der Waals surface area contributed by atoms with Crippen LogP contribution in [0.5, 0.6) is 0 Å². The topological polar surface area (TPSA) is 44.4 Å². The van der Waals surface area contributed by atoms with Crippen molar-refractivity contribution < 1.29 is 4.79 Å². The van der Waals surface area contributed by atoms with E-state index < -0.39 is 0 Å². The fourth-order valence-corrected chi connectivity index (χ4v) is 2.28. The Morgan fingerprint density at radius 3 is 2.74 bits per heavy atom. The van der Waals surface area contributed by atoms with Crippen LogP contribution in [0.15, 0.2) is 30.3 Å². The molecule has 0 aromatic heterocycles. The van der Waals surface area contributed by atoms with E-state index in [0.717, 1.165) is 25.3 Å². The van der Waals surface area contributed by atoms with Crippen molar-refractivity contribution in [2.75, 3.05) is 32.0 Å². The summed E-state index contributed by atoms with van der Waals surface area (Å²) in [5.41, 5.74) is 0.872. The van der Waals surface area contributed by atoms with Crippen molar-refractivity contribution >= 4 is 24.0 Å². The Morgan fingerprint density at radius 1 is 1.37 bits per heavy atom. The van der Waals surface area contributed by atoms with Gasteiger partial charge in [0.1, 0.15) is 0 Å². The van der Waals surface area contributed by atoms with Crippen molar-refractivity contribution in [3.05, 3.63) is 30.3 Å². The second-order valence-electron chi connectivity index (χ2n) is 4.74. The molecule has 19 heavy (non-hydrogen) atoms. The van der Waals surface area contributed by atoms with Crippen LogP contribution >= 0.6 is 12.4 Å². The lowest BCUT2D eigenvalue weighted by atomic mass is 10.3. The largest absolute Gasteiger partial charge is 0.326 e. The summed E-state index contributed by atoms with van der Waals surface area (Å²) in [6, 6.07) is 10.2. The van der Waals surface area contributed by atoms with Crippen molar-refractivity contribution in [1.29, 1.82) is 0 Å². The molecule has 2 rings (SSSR count). The average Bonchev–Trinajstić information content (AvgIpc) is 2.85. The standard InChI is InChI=1S/C14H21N3O.ClH/c1-15-13-7-9-17(11-13)10-8-14(18)16-12-5-3-2-4-6-12;/h2-6,13,15H,7-11H2,1H3,(H,16,18);1H. The predicted molar refractivity (Wildman–Crippen MR) is 80.8 cm³/mol. The molecule has 0 bridgehead atoms. The minimum absolute atomic E-state index is 0. The normalized spacial score (nSPS) is 18.9. The van der Waals surface area contributed by atoms with E-state index in [9.17, 15) is 4.79 Å². The van der Waals surface area contributed by atoms with Crippen LogP contribution in [0, 0.1) is 0 Å². The quantitative estimate of drug-likeness (QED) is 0.865. The van der Waals surface area contributed by atoms with E-state index in [1.165, 1.54) is 6.42 Å². The fourth-order valence-electron chi connectivity index (χ4n) is 2.28. The van der Waals surface area contributed by atoms with Gasteiger partial charge in [-0.15, -0.1) is 12.4 Å². The van der Waals surface area contributed by atoms with Crippen molar-refractivity contribution in [3.63, 3.8) is 0 Å². The fraction of sp³-hybridized carbons (Fsp3) is 0.500. The molecular formula is C14H22ClN3O. The molecule has 1 fully saturated rings. The van der Waals surface area contributed by atoms with Gasteiger partial charge in [0.2, 0.25) is 5.91 Å². The number of halogens is 1. The van der Waals surface area contributed by atoms with Crippen molar-refractivity contribution in [1.82, 2.24) is 10.2 Å². The van der Waals surface area contributed by atoms with Crippen LogP contribution in [0.4, 0.5) is 5.69 Å². The van der Waals surface area contributed by atoms with Crippen LogP contribution in [0.25, 0.3) is 0 Å². The van der Waals surface area contributed by atoms with Gasteiger partial charge in [0.05, 0.1) is 0 Å². The lowest BCUT2D eigenvalue weighted by Gasteiger charge is -2.15. The molecule has 0 spiro atoms. The molecule has 2 N–H and O–H groups in total. The molecule has 1 aromatic carbocycles. The first kappa shape index (κ1) is 16.0. The monoisotopic (exact) mass is 283 g/mol. The minimum Gasteiger partial charge on any atom is -0.326 e. The van der Waals surface area contributed by atoms with Crippen molar-refractivity contribution in [2.24, 2.45) is 0 Å². The molecule has 4 nitrogen and oxygen atoms in total. The Morgan fingerprint density at radius 2 is 2.11 bits per heavy atom. The molecule has 0 saturated carbocycles. The third kappa shape index (κ3) is 5.19. The first-order valence-electron chi connectivity index (χ1n) is 6.52. The number of para-hydroxylation sites is 1. The molecule has 1 aliphatic rings. The molecule has 1 atom stereocenters. The van der Waals surface area contributed by atoms with E-state index >= 15 is 0 Å². The molecule has 0 aliphatic carbocycles. The molecule has 1 heterocycles. The summed E-state index contributed by atoms with van der Waals surface area (Å²) in [5.74, 6) is 0.0918. The Hall–Kier alpha value is -1.10. The SMILES string of the molecule is CNC1CCN(CCC(=O)Nc2ccccc2)C1.Cl. The number of nitrogens with one attached hydrogen (secondary N) is 2. The lowest BCUT2D eigenvalue weighted by molar-refractivity contribution is -0.116. The number of amides is 1. The van der Waals surface area contributed by atoms with Gasteiger partial charge in [-0.3, -0.25) is 4.79 Å². The third-order valence-corrected chi connectivity index (χ3v) is 3.39. The van der Waals surface area contributed by atoms with Crippen LogP contribution in [0.1, 0.15) is 12.8 Å². The van der Waals surface area contributed by atoms with Gasteiger partial charge in [-0.2, -0.15) is 0 Å². The highest BCUT2D eigenvalue weighted by atomic mass is 35.5. The maximum absolute atomic E-state index is 11.8. The number of rotatable bonds is 5. The summed E-state index contributed by atoms with van der Waals surface area (Å²) < 4.78 is 0. The summed E-state index contributed by atoms with van der Waals surface area (Å²) in [6.07, 6.45) is 1.74. The second-order valence-corrected chi connectivity index (χ2v) is 4.74. The van der Waals surface area contributed by atoms with Gasteiger partial charge in [-0.1, -0.05) is 18.2 Å². The van der Waals surface area contributed by atoms with E-state index in [2.05, 4.69) is 15.5 Å². The average molecular weight is 284 g/mol. The third-order valence-electron chi connectivity index (χ3n) is 3.39. The molecule has 5 heteroatoms. The van der Waals surface area contributed by atoms with Gasteiger partial charge in [-0.25, -0.2) is 0 Å². The van der Waals surface area contributed by atoms with E-state index in [0.29, 0.717) is 12.5 Å². The van der Waals surface area contributed by atoms with Crippen LogP contribution < -0.4 is 10.6 Å². The zero-order chi connectivity index (χ0) is 12.8. The molecule has 1 aliphatic heterocycles. The van der Waals surface area contributed by atoms with Crippen LogP contribution in [0.2, 0.25) is 0 Å². The molecule has 1 saturated heterocycles. The summed E-state index contributed by atoms with van der Waals surface area (Å²) in [5, 5.41) is 6.19. The predicted octanol–water partition coefficient (Wildman–Crippen LogP) is 1.73. The maximum atomic E-state index is 11.8. The first-order chi connectivity index (χ1) is 8.78. The van der Waals surface area contributed by atoms with Crippen LogP contribution in [0.3, 0.4) is 0 Å². The number of hydrogen-bond acceptors (Lipinski definition) is 3. The van der Waals surface area contributed by atoms with E-state index in [1.54, 1.807) is 0 Å². The Balaban J connectivity index is 0.00000180. The second kappa shape index (κ2) is 8.15. The minimum atomic E-state index is 0. The Labute approximate surface area is 121 Å². The summed E-state index contributed by atoms with van der Waals surface area (Å²) >= 11 is 0. The van der Waals surface area contributed by atoms with Gasteiger partial charge < -0.3 is 15.5 Å². The molecule has 1 amide bonds. The number of benzene rings is 1. The molecule has 0 radical (unpaired) electrons. The van der Waals surface area contributed by atoms with Crippen LogP contribution in [-0.2, 0) is 4.79 Å². The number of likely N-dealkylation sites (N-methyl/N-ethyl adjacent to an activating group) is 1. The van der Waals surface area contributed by atoms with E-state index in [-0.39, 0.29) is 18.3 Å². The highest BCUT2D eigenvalue weighted by Crippen LogP contribution is 2.10. The number of anilines is 1. The van der Waals surface area contributed by atoms with Crippen molar-refractivity contribution in [2.45, 2.75) is 18.9 Å². The van der Waals surface area contributed by atoms with Crippen molar-refractivity contribution in [3.8, 4) is 0 Å². The number of likely N-dealkylation sites (tertiary alicyclic amines) is 1. The van der Waals surface area contributed by atoms with Gasteiger partial charge in [-0.05, 0) is 32.1 Å². The number of carbonyl (C=O) groups is 1. The number of carbonyl (C=O) groups excluding carboxylic acids is 1. The zero-order valence-electron chi connectivity index (χ0n) is 11.3. The summed E-state index contributed by atoms with van der Waals surface area (Å²) in [4.78, 5) is 14.1. The zero-order valence-corrected chi connectivity index (χ0v) is 12.1. The molecular weight excluding hydrogens is 262 g/mol. The Bertz CT molecular complexity index is 386. The highest BCUT2D eigenvalue weighted by Gasteiger charge is 2.20. The molecule has 106 valence electrons. The summed E-state index contributed by atoms with van der Waals surface area (Å²) in [6.45, 7) is 2.98. The lowest BCUT2D eigenvalue weighted by Crippen LogP contribution is -2.31. The van der Waals surface area contributed by atoms with E-state index in [4.69, 9.17) is 0 Å². The Kier molecular flexibility index (Phi) is 6.84. The van der Waals surface area contributed by atoms with Crippen LogP contribution in [-0.4, -0.2) is 43.5 Å². The molecule has 1 aromatic rings. The molecule has 1 unspecified atom stereocenters. The van der Waals surface area contributed by atoms with Gasteiger partial charge in [0.15, 0.2) is 0 Å². The smallest absolute Gasteiger partial charge is 0.225 e. The van der Waals surface area contributed by atoms with E-state index in [1.807, 2.05) is 37.4 Å². The summed E-state index contributed by atoms with van der Waals surface area (Å²) in [7, 11) is 2.00. The number of hydrogen-bond donors (Lipinski definition) is 2. The van der Waals surface area contributed by atoms with Gasteiger partial charge in [0, 0.05) is 31.2 Å². The first-order valence-corrected chi connectivity index (χ1v) is 6.52. The maximum Gasteiger partial charge on any atom is 0.225 e. The highest BCUT2D eigenvalue weighted by molar-refractivity contribution is 5.90. The van der Waals surface area contributed by atoms with Gasteiger partial charge in [0.25, 0.3) is 0 Å². The van der Waals surface area contributed by atoms with Gasteiger partial charge >= 0.3 is 0 Å². The number of nitrogens with zero attached hydrogens (tertiary/aromatic N) is 1.